The number of allylic oxidation sites excluding steroid dienone is 1. The second kappa shape index (κ2) is 6.12. The number of hydrogen-bond acceptors (Lipinski definition) is 2. The molecule has 0 unspecified atom stereocenters. The van der Waals surface area contributed by atoms with Crippen LogP contribution in [0.1, 0.15) is 18.9 Å². The lowest BCUT2D eigenvalue weighted by atomic mass is 10.2. The molecule has 0 N–H and O–H groups in total. The largest absolute Gasteiger partial charge is 0.493 e. The zero-order chi connectivity index (χ0) is 11.1. The van der Waals surface area contributed by atoms with Crippen molar-refractivity contribution in [3.8, 4) is 11.5 Å². The SMILES string of the molecule is [CH2]CCOc1ccc(C=CC)cc1OC. The summed E-state index contributed by atoms with van der Waals surface area (Å²) in [6, 6.07) is 5.88. The van der Waals surface area contributed by atoms with E-state index in [1.54, 1.807) is 7.11 Å². The fraction of sp³-hybridized carbons (Fsp3) is 0.308. The molecule has 0 saturated carbocycles. The molecule has 0 aliphatic carbocycles. The molecule has 1 aromatic rings. The summed E-state index contributed by atoms with van der Waals surface area (Å²) in [5.41, 5.74) is 1.11. The summed E-state index contributed by atoms with van der Waals surface area (Å²) in [6.45, 7) is 6.32. The quantitative estimate of drug-likeness (QED) is 0.734. The first-order valence-electron chi connectivity index (χ1n) is 5.04. The predicted octanol–water partition coefficient (Wildman–Crippen LogP) is 3.33. The minimum absolute atomic E-state index is 0.610. The fourth-order valence-corrected chi connectivity index (χ4v) is 1.28. The number of ether oxygens (including phenoxy) is 2. The molecule has 1 rings (SSSR count). The van der Waals surface area contributed by atoms with Gasteiger partial charge in [0, 0.05) is 0 Å². The van der Waals surface area contributed by atoms with Gasteiger partial charge in [-0.05, 0) is 38.0 Å². The molecule has 0 spiro atoms. The van der Waals surface area contributed by atoms with Gasteiger partial charge in [0.2, 0.25) is 0 Å². The fourth-order valence-electron chi connectivity index (χ4n) is 1.28. The average molecular weight is 205 g/mol. The highest BCUT2D eigenvalue weighted by atomic mass is 16.5. The Hall–Kier alpha value is -1.44. The highest BCUT2D eigenvalue weighted by molar-refractivity contribution is 5.55. The summed E-state index contributed by atoms with van der Waals surface area (Å²) in [5, 5.41) is 0. The first-order valence-corrected chi connectivity index (χ1v) is 5.04. The molecule has 15 heavy (non-hydrogen) atoms. The van der Waals surface area contributed by atoms with Crippen LogP contribution in [0, 0.1) is 6.92 Å². The molecule has 2 heteroatoms. The molecule has 0 bridgehead atoms. The third-order valence-electron chi connectivity index (χ3n) is 1.95. The van der Waals surface area contributed by atoms with Crippen LogP contribution in [0.3, 0.4) is 0 Å². The van der Waals surface area contributed by atoms with Gasteiger partial charge in [-0.2, -0.15) is 0 Å². The van der Waals surface area contributed by atoms with E-state index in [1.165, 1.54) is 0 Å². The molecule has 0 heterocycles. The zero-order valence-electron chi connectivity index (χ0n) is 9.32. The molecule has 0 atom stereocenters. The minimum atomic E-state index is 0.610. The molecule has 0 aliphatic heterocycles. The van der Waals surface area contributed by atoms with Crippen LogP contribution < -0.4 is 9.47 Å². The van der Waals surface area contributed by atoms with E-state index in [1.807, 2.05) is 37.3 Å². The van der Waals surface area contributed by atoms with Crippen LogP contribution in [0.5, 0.6) is 11.5 Å². The Kier molecular flexibility index (Phi) is 4.75. The van der Waals surface area contributed by atoms with Gasteiger partial charge in [0.1, 0.15) is 0 Å². The van der Waals surface area contributed by atoms with Crippen LogP contribution in [0.4, 0.5) is 0 Å². The van der Waals surface area contributed by atoms with E-state index in [4.69, 9.17) is 9.47 Å². The van der Waals surface area contributed by atoms with E-state index in [9.17, 15) is 0 Å². The number of benzene rings is 1. The van der Waals surface area contributed by atoms with Crippen molar-refractivity contribution in [2.24, 2.45) is 0 Å². The monoisotopic (exact) mass is 205 g/mol. The molecule has 81 valence electrons. The van der Waals surface area contributed by atoms with Gasteiger partial charge < -0.3 is 9.47 Å². The second-order valence-electron chi connectivity index (χ2n) is 3.11. The minimum Gasteiger partial charge on any atom is -0.493 e. The van der Waals surface area contributed by atoms with Crippen molar-refractivity contribution >= 4 is 6.08 Å². The van der Waals surface area contributed by atoms with E-state index in [0.29, 0.717) is 6.61 Å². The standard InChI is InChI=1S/C13H17O2/c1-4-6-11-7-8-12(15-9-5-2)13(10-11)14-3/h4,6-8,10H,2,5,9H2,1,3H3. The Balaban J connectivity index is 2.88. The van der Waals surface area contributed by atoms with Crippen LogP contribution in [-0.2, 0) is 0 Å². The topological polar surface area (TPSA) is 18.5 Å². The van der Waals surface area contributed by atoms with Crippen molar-refractivity contribution in [1.29, 1.82) is 0 Å². The summed E-state index contributed by atoms with van der Waals surface area (Å²) < 4.78 is 10.7. The van der Waals surface area contributed by atoms with Gasteiger partial charge in [-0.3, -0.25) is 0 Å². The van der Waals surface area contributed by atoms with Crippen molar-refractivity contribution in [3.63, 3.8) is 0 Å². The van der Waals surface area contributed by atoms with Gasteiger partial charge in [0.25, 0.3) is 0 Å². The van der Waals surface area contributed by atoms with Gasteiger partial charge in [-0.15, -0.1) is 0 Å². The van der Waals surface area contributed by atoms with Crippen molar-refractivity contribution < 1.29 is 9.47 Å². The smallest absolute Gasteiger partial charge is 0.161 e. The molecule has 0 amide bonds. The maximum absolute atomic E-state index is 5.50. The Bertz CT molecular complexity index is 329. The molecule has 1 radical (unpaired) electrons. The number of hydrogen-bond donors (Lipinski definition) is 0. The lowest BCUT2D eigenvalue weighted by Gasteiger charge is -2.10. The first-order chi connectivity index (χ1) is 7.31. The molecular weight excluding hydrogens is 188 g/mol. The van der Waals surface area contributed by atoms with E-state index >= 15 is 0 Å². The lowest BCUT2D eigenvalue weighted by molar-refractivity contribution is 0.299. The van der Waals surface area contributed by atoms with E-state index < -0.39 is 0 Å². The molecule has 2 nitrogen and oxygen atoms in total. The van der Waals surface area contributed by atoms with Crippen LogP contribution in [0.25, 0.3) is 6.08 Å². The van der Waals surface area contributed by atoms with Crippen LogP contribution in [0.15, 0.2) is 24.3 Å². The maximum Gasteiger partial charge on any atom is 0.161 e. The van der Waals surface area contributed by atoms with Crippen LogP contribution >= 0.6 is 0 Å². The molecule has 0 saturated heterocycles. The third-order valence-corrected chi connectivity index (χ3v) is 1.95. The summed E-state index contributed by atoms with van der Waals surface area (Å²) in [5.74, 6) is 1.54. The highest BCUT2D eigenvalue weighted by Crippen LogP contribution is 2.28. The van der Waals surface area contributed by atoms with Gasteiger partial charge in [-0.1, -0.05) is 18.2 Å². The van der Waals surface area contributed by atoms with Crippen LogP contribution in [0.2, 0.25) is 0 Å². The first kappa shape index (κ1) is 11.6. The van der Waals surface area contributed by atoms with Crippen molar-refractivity contribution in [2.75, 3.05) is 13.7 Å². The Morgan fingerprint density at radius 3 is 2.73 bits per heavy atom. The van der Waals surface area contributed by atoms with E-state index in [-0.39, 0.29) is 0 Å². The molecule has 0 aliphatic rings. The Morgan fingerprint density at radius 2 is 2.13 bits per heavy atom. The van der Waals surface area contributed by atoms with Crippen LogP contribution in [-0.4, -0.2) is 13.7 Å². The zero-order valence-corrected chi connectivity index (χ0v) is 9.32. The van der Waals surface area contributed by atoms with Crippen molar-refractivity contribution in [2.45, 2.75) is 13.3 Å². The highest BCUT2D eigenvalue weighted by Gasteiger charge is 2.03. The third kappa shape index (κ3) is 3.31. The summed E-state index contributed by atoms with van der Waals surface area (Å²) in [7, 11) is 1.64. The van der Waals surface area contributed by atoms with E-state index in [0.717, 1.165) is 23.5 Å². The van der Waals surface area contributed by atoms with Gasteiger partial charge in [0.15, 0.2) is 11.5 Å². The molecular formula is C13H17O2. The number of methoxy groups -OCH3 is 1. The molecule has 1 aromatic carbocycles. The van der Waals surface area contributed by atoms with Crippen molar-refractivity contribution in [1.82, 2.24) is 0 Å². The molecule has 0 aromatic heterocycles. The Morgan fingerprint density at radius 1 is 1.33 bits per heavy atom. The molecule has 0 fully saturated rings. The predicted molar refractivity (Wildman–Crippen MR) is 63.2 cm³/mol. The summed E-state index contributed by atoms with van der Waals surface area (Å²) >= 11 is 0. The summed E-state index contributed by atoms with van der Waals surface area (Å²) in [4.78, 5) is 0. The average Bonchev–Trinajstić information content (AvgIpc) is 2.27. The van der Waals surface area contributed by atoms with Crippen molar-refractivity contribution in [3.05, 3.63) is 36.8 Å². The second-order valence-corrected chi connectivity index (χ2v) is 3.11. The normalized spacial score (nSPS) is 10.6. The van der Waals surface area contributed by atoms with E-state index in [2.05, 4.69) is 6.92 Å². The van der Waals surface area contributed by atoms with Gasteiger partial charge in [-0.25, -0.2) is 0 Å². The van der Waals surface area contributed by atoms with Gasteiger partial charge >= 0.3 is 0 Å². The summed E-state index contributed by atoms with van der Waals surface area (Å²) in [6.07, 6.45) is 4.76. The lowest BCUT2D eigenvalue weighted by Crippen LogP contribution is -1.97. The van der Waals surface area contributed by atoms with Gasteiger partial charge in [0.05, 0.1) is 13.7 Å². The maximum atomic E-state index is 5.50. The Labute approximate surface area is 91.5 Å². The number of rotatable bonds is 5.